The van der Waals surface area contributed by atoms with Crippen molar-refractivity contribution < 1.29 is 23.9 Å². The molecule has 1 atom stereocenters. The number of carbonyl (C=O) groups excluding carboxylic acids is 3. The molecule has 1 aliphatic rings. The number of carbonyl (C=O) groups is 3. The van der Waals surface area contributed by atoms with Gasteiger partial charge in [0, 0.05) is 48.6 Å². The van der Waals surface area contributed by atoms with Crippen LogP contribution in [0.5, 0.6) is 0 Å². The second-order valence-corrected chi connectivity index (χ2v) is 8.27. The van der Waals surface area contributed by atoms with Crippen molar-refractivity contribution in [1.82, 2.24) is 10.2 Å². The van der Waals surface area contributed by atoms with Crippen molar-refractivity contribution in [2.75, 3.05) is 37.7 Å². The molecule has 2 amide bonds. The number of benzene rings is 3. The Hall–Kier alpha value is -4.04. The van der Waals surface area contributed by atoms with Gasteiger partial charge in [0.1, 0.15) is 11.9 Å². The van der Waals surface area contributed by atoms with E-state index >= 15 is 0 Å². The minimum Gasteiger partial charge on any atom is -0.394 e. The molecule has 180 valence electrons. The number of nitrogens with zero attached hydrogens (tertiary/aromatic N) is 2. The van der Waals surface area contributed by atoms with Gasteiger partial charge in [0.2, 0.25) is 5.91 Å². The fourth-order valence-electron chi connectivity index (χ4n) is 4.04. The lowest BCUT2D eigenvalue weighted by Gasteiger charge is -2.37. The largest absolute Gasteiger partial charge is 0.394 e. The molecule has 7 nitrogen and oxygen atoms in total. The molecular formula is C27H26FN3O4. The maximum Gasteiger partial charge on any atom is 0.252 e. The second-order valence-electron chi connectivity index (χ2n) is 8.27. The Bertz CT molecular complexity index is 1190. The zero-order chi connectivity index (χ0) is 24.8. The number of halogens is 1. The van der Waals surface area contributed by atoms with E-state index in [2.05, 4.69) is 5.32 Å². The van der Waals surface area contributed by atoms with Crippen LogP contribution in [0.3, 0.4) is 0 Å². The van der Waals surface area contributed by atoms with Gasteiger partial charge in [-0.3, -0.25) is 14.4 Å². The highest BCUT2D eigenvalue weighted by Gasteiger charge is 2.29. The lowest BCUT2D eigenvalue weighted by molar-refractivity contribution is -0.134. The molecule has 0 aromatic heterocycles. The topological polar surface area (TPSA) is 89.9 Å². The van der Waals surface area contributed by atoms with Crippen LogP contribution in [0.1, 0.15) is 26.3 Å². The quantitative estimate of drug-likeness (QED) is 0.513. The molecule has 35 heavy (non-hydrogen) atoms. The Morgan fingerprint density at radius 1 is 0.829 bits per heavy atom. The predicted molar refractivity (Wildman–Crippen MR) is 130 cm³/mol. The van der Waals surface area contributed by atoms with Crippen LogP contribution in [-0.4, -0.2) is 66.4 Å². The Labute approximate surface area is 202 Å². The Morgan fingerprint density at radius 3 is 2.11 bits per heavy atom. The van der Waals surface area contributed by atoms with Gasteiger partial charge in [-0.25, -0.2) is 4.39 Å². The van der Waals surface area contributed by atoms with Crippen molar-refractivity contribution in [1.29, 1.82) is 0 Å². The summed E-state index contributed by atoms with van der Waals surface area (Å²) in [6.07, 6.45) is 0. The Morgan fingerprint density at radius 2 is 1.46 bits per heavy atom. The van der Waals surface area contributed by atoms with Crippen LogP contribution in [0.2, 0.25) is 0 Å². The summed E-state index contributed by atoms with van der Waals surface area (Å²) >= 11 is 0. The van der Waals surface area contributed by atoms with Crippen molar-refractivity contribution in [3.63, 3.8) is 0 Å². The average molecular weight is 476 g/mol. The minimum absolute atomic E-state index is 0.214. The molecule has 0 saturated carbocycles. The molecule has 4 rings (SSSR count). The highest BCUT2D eigenvalue weighted by Crippen LogP contribution is 2.17. The highest BCUT2D eigenvalue weighted by atomic mass is 19.1. The SMILES string of the molecule is O=C(N[C@@H](CO)C(=O)N1CCN(c2ccc(F)cc2)CC1)c1cccc(C(=O)c2ccccc2)c1. The number of aliphatic hydroxyl groups excluding tert-OH is 1. The molecule has 1 heterocycles. The molecule has 1 aliphatic heterocycles. The highest BCUT2D eigenvalue weighted by molar-refractivity contribution is 6.10. The van der Waals surface area contributed by atoms with Crippen molar-refractivity contribution >= 4 is 23.3 Å². The molecule has 0 aliphatic carbocycles. The summed E-state index contributed by atoms with van der Waals surface area (Å²) in [4.78, 5) is 42.2. The molecule has 0 bridgehead atoms. The average Bonchev–Trinajstić information content (AvgIpc) is 2.92. The molecule has 2 N–H and O–H groups in total. The van der Waals surface area contributed by atoms with Gasteiger partial charge in [0.15, 0.2) is 5.78 Å². The molecule has 3 aromatic rings. The van der Waals surface area contributed by atoms with Gasteiger partial charge in [0.25, 0.3) is 5.91 Å². The first kappa shape index (κ1) is 24.1. The minimum atomic E-state index is -1.10. The van der Waals surface area contributed by atoms with E-state index in [1.807, 2.05) is 11.0 Å². The molecule has 0 unspecified atom stereocenters. The molecule has 3 aromatic carbocycles. The third-order valence-corrected chi connectivity index (χ3v) is 5.99. The zero-order valence-corrected chi connectivity index (χ0v) is 19.1. The van der Waals surface area contributed by atoms with E-state index in [4.69, 9.17) is 0 Å². The number of aliphatic hydroxyl groups is 1. The van der Waals surface area contributed by atoms with Gasteiger partial charge in [-0.2, -0.15) is 0 Å². The first-order chi connectivity index (χ1) is 17.0. The summed E-state index contributed by atoms with van der Waals surface area (Å²) in [5, 5.41) is 12.4. The summed E-state index contributed by atoms with van der Waals surface area (Å²) in [7, 11) is 0. The van der Waals surface area contributed by atoms with E-state index in [1.54, 1.807) is 59.5 Å². The van der Waals surface area contributed by atoms with E-state index < -0.39 is 18.6 Å². The predicted octanol–water partition coefficient (Wildman–Crippen LogP) is 2.50. The molecule has 1 saturated heterocycles. The summed E-state index contributed by atoms with van der Waals surface area (Å²) in [6, 6.07) is 20.1. The summed E-state index contributed by atoms with van der Waals surface area (Å²) in [6.45, 7) is 1.36. The summed E-state index contributed by atoms with van der Waals surface area (Å²) < 4.78 is 13.2. The smallest absolute Gasteiger partial charge is 0.252 e. The van der Waals surface area contributed by atoms with Gasteiger partial charge >= 0.3 is 0 Å². The van der Waals surface area contributed by atoms with Crippen LogP contribution in [0, 0.1) is 5.82 Å². The van der Waals surface area contributed by atoms with Gasteiger partial charge in [-0.15, -0.1) is 0 Å². The van der Waals surface area contributed by atoms with Gasteiger partial charge in [0.05, 0.1) is 6.61 Å². The Balaban J connectivity index is 1.37. The number of amides is 2. The zero-order valence-electron chi connectivity index (χ0n) is 19.1. The molecule has 0 spiro atoms. The van der Waals surface area contributed by atoms with Crippen molar-refractivity contribution in [3.05, 3.63) is 101 Å². The first-order valence-electron chi connectivity index (χ1n) is 11.4. The van der Waals surface area contributed by atoms with Crippen LogP contribution < -0.4 is 10.2 Å². The van der Waals surface area contributed by atoms with Gasteiger partial charge in [-0.1, -0.05) is 42.5 Å². The summed E-state index contributed by atoms with van der Waals surface area (Å²) in [5.74, 6) is -1.45. The van der Waals surface area contributed by atoms with Crippen LogP contribution in [0.15, 0.2) is 78.9 Å². The third kappa shape index (κ3) is 5.73. The van der Waals surface area contributed by atoms with Crippen LogP contribution >= 0.6 is 0 Å². The lowest BCUT2D eigenvalue weighted by Crippen LogP contribution is -2.56. The summed E-state index contributed by atoms with van der Waals surface area (Å²) in [5.41, 5.74) is 1.95. The fourth-order valence-corrected chi connectivity index (χ4v) is 4.04. The number of hydrogen-bond acceptors (Lipinski definition) is 5. The van der Waals surface area contributed by atoms with Crippen LogP contribution in [-0.2, 0) is 4.79 Å². The Kier molecular flexibility index (Phi) is 7.52. The maximum absolute atomic E-state index is 13.2. The molecule has 1 fully saturated rings. The first-order valence-corrected chi connectivity index (χ1v) is 11.4. The fraction of sp³-hybridized carbons (Fsp3) is 0.222. The third-order valence-electron chi connectivity index (χ3n) is 5.99. The second kappa shape index (κ2) is 10.9. The van der Waals surface area contributed by atoms with E-state index in [-0.39, 0.29) is 23.1 Å². The molecule has 0 radical (unpaired) electrons. The van der Waals surface area contributed by atoms with E-state index in [9.17, 15) is 23.9 Å². The standard InChI is InChI=1S/C27H26FN3O4/c28-22-9-11-23(12-10-22)30-13-15-31(16-14-30)27(35)24(18-32)29-26(34)21-8-4-7-20(17-21)25(33)19-5-2-1-3-6-19/h1-12,17,24,32H,13-16,18H2,(H,29,34)/t24-/m0/s1. The molecule has 8 heteroatoms. The number of piperazine rings is 1. The number of nitrogens with one attached hydrogen (secondary N) is 1. The van der Waals surface area contributed by atoms with Crippen LogP contribution in [0.4, 0.5) is 10.1 Å². The van der Waals surface area contributed by atoms with Crippen molar-refractivity contribution in [2.24, 2.45) is 0 Å². The number of anilines is 1. The van der Waals surface area contributed by atoms with E-state index in [0.29, 0.717) is 37.3 Å². The van der Waals surface area contributed by atoms with E-state index in [1.165, 1.54) is 18.2 Å². The number of rotatable bonds is 7. The maximum atomic E-state index is 13.2. The number of hydrogen-bond donors (Lipinski definition) is 2. The monoisotopic (exact) mass is 475 g/mol. The van der Waals surface area contributed by atoms with Crippen molar-refractivity contribution in [3.8, 4) is 0 Å². The van der Waals surface area contributed by atoms with Gasteiger partial charge in [-0.05, 0) is 36.4 Å². The normalized spacial score (nSPS) is 14.3. The van der Waals surface area contributed by atoms with Gasteiger partial charge < -0.3 is 20.2 Å². The lowest BCUT2D eigenvalue weighted by atomic mass is 10.0. The van der Waals surface area contributed by atoms with Crippen LogP contribution in [0.25, 0.3) is 0 Å². The number of ketones is 1. The molecular weight excluding hydrogens is 449 g/mol. The van der Waals surface area contributed by atoms with Crippen molar-refractivity contribution in [2.45, 2.75) is 6.04 Å². The van der Waals surface area contributed by atoms with E-state index in [0.717, 1.165) is 5.69 Å².